The summed E-state index contributed by atoms with van der Waals surface area (Å²) in [7, 11) is 0. The summed E-state index contributed by atoms with van der Waals surface area (Å²) >= 11 is 0. The van der Waals surface area contributed by atoms with Crippen molar-refractivity contribution in [1.29, 1.82) is 0 Å². The number of ether oxygens (including phenoxy) is 1. The van der Waals surface area contributed by atoms with Crippen LogP contribution in [-0.2, 0) is 4.74 Å². The minimum atomic E-state index is 0.500. The second-order valence-electron chi connectivity index (χ2n) is 2.07. The molecule has 0 saturated carbocycles. The lowest BCUT2D eigenvalue weighted by Gasteiger charge is -2.05. The Morgan fingerprint density at radius 2 is 2.62 bits per heavy atom. The van der Waals surface area contributed by atoms with Gasteiger partial charge in [0.15, 0.2) is 0 Å². The van der Waals surface area contributed by atoms with Gasteiger partial charge < -0.3 is 10.1 Å². The van der Waals surface area contributed by atoms with Crippen LogP contribution in [0.25, 0.3) is 0 Å². The van der Waals surface area contributed by atoms with Crippen LogP contribution in [0.2, 0.25) is 0 Å². The fourth-order valence-electron chi connectivity index (χ4n) is 1.01. The molecule has 0 aromatic rings. The van der Waals surface area contributed by atoms with Gasteiger partial charge in [0.2, 0.25) is 0 Å². The lowest BCUT2D eigenvalue weighted by molar-refractivity contribution is 0.0775. The zero-order chi connectivity index (χ0) is 5.82. The van der Waals surface area contributed by atoms with Crippen LogP contribution in [0, 0.1) is 0 Å². The van der Waals surface area contributed by atoms with Crippen LogP contribution in [0.4, 0.5) is 0 Å². The summed E-state index contributed by atoms with van der Waals surface area (Å²) in [6.45, 7) is 5.07. The van der Waals surface area contributed by atoms with Crippen molar-refractivity contribution in [3.63, 3.8) is 0 Å². The molecule has 0 aromatic heterocycles. The first-order valence-corrected chi connectivity index (χ1v) is 3.26. The van der Waals surface area contributed by atoms with E-state index in [0.717, 1.165) is 19.7 Å². The standard InChI is InChI=1S/C6H13NO/c1-2-8-6-3-4-7-5-6/h6-7H,2-5H2,1H3/t6-/m0/s1. The smallest absolute Gasteiger partial charge is 0.0711 e. The maximum absolute atomic E-state index is 5.34. The minimum absolute atomic E-state index is 0.500. The average molecular weight is 115 g/mol. The van der Waals surface area contributed by atoms with Crippen LogP contribution >= 0.6 is 0 Å². The van der Waals surface area contributed by atoms with Gasteiger partial charge in [0.05, 0.1) is 6.10 Å². The molecule has 0 bridgehead atoms. The highest BCUT2D eigenvalue weighted by Gasteiger charge is 2.12. The number of nitrogens with one attached hydrogen (secondary N) is 1. The SMILES string of the molecule is CCO[C@H]1CCNC1. The van der Waals surface area contributed by atoms with E-state index >= 15 is 0 Å². The van der Waals surface area contributed by atoms with Gasteiger partial charge in [0.1, 0.15) is 0 Å². The molecule has 2 nitrogen and oxygen atoms in total. The highest BCUT2D eigenvalue weighted by atomic mass is 16.5. The lowest BCUT2D eigenvalue weighted by Crippen LogP contribution is -2.16. The van der Waals surface area contributed by atoms with Gasteiger partial charge in [0, 0.05) is 13.2 Å². The van der Waals surface area contributed by atoms with Crippen LogP contribution in [-0.4, -0.2) is 25.8 Å². The maximum atomic E-state index is 5.34. The Morgan fingerprint density at radius 3 is 3.12 bits per heavy atom. The second kappa shape index (κ2) is 3.05. The van der Waals surface area contributed by atoms with Crippen molar-refractivity contribution in [2.24, 2.45) is 0 Å². The number of hydrogen-bond acceptors (Lipinski definition) is 2. The molecule has 0 amide bonds. The van der Waals surface area contributed by atoms with Crippen molar-refractivity contribution < 1.29 is 4.74 Å². The van der Waals surface area contributed by atoms with Crippen molar-refractivity contribution in [1.82, 2.24) is 5.32 Å². The predicted molar refractivity (Wildman–Crippen MR) is 32.9 cm³/mol. The molecule has 2 heteroatoms. The molecule has 8 heavy (non-hydrogen) atoms. The predicted octanol–water partition coefficient (Wildman–Crippen LogP) is 0.385. The highest BCUT2D eigenvalue weighted by Crippen LogP contribution is 2.01. The van der Waals surface area contributed by atoms with E-state index in [1.165, 1.54) is 6.42 Å². The summed E-state index contributed by atoms with van der Waals surface area (Å²) in [6.07, 6.45) is 1.69. The van der Waals surface area contributed by atoms with Crippen LogP contribution in [0.5, 0.6) is 0 Å². The third kappa shape index (κ3) is 1.46. The van der Waals surface area contributed by atoms with Crippen molar-refractivity contribution in [3.05, 3.63) is 0 Å². The summed E-state index contributed by atoms with van der Waals surface area (Å²) in [5.41, 5.74) is 0. The molecule has 0 unspecified atom stereocenters. The first-order valence-electron chi connectivity index (χ1n) is 3.26. The second-order valence-corrected chi connectivity index (χ2v) is 2.07. The van der Waals surface area contributed by atoms with Crippen LogP contribution in [0.15, 0.2) is 0 Å². The van der Waals surface area contributed by atoms with E-state index in [1.54, 1.807) is 0 Å². The maximum Gasteiger partial charge on any atom is 0.0711 e. The van der Waals surface area contributed by atoms with E-state index in [4.69, 9.17) is 4.74 Å². The van der Waals surface area contributed by atoms with Gasteiger partial charge in [-0.2, -0.15) is 0 Å². The largest absolute Gasteiger partial charge is 0.377 e. The van der Waals surface area contributed by atoms with Crippen molar-refractivity contribution in [2.75, 3.05) is 19.7 Å². The monoisotopic (exact) mass is 115 g/mol. The molecule has 0 aromatic carbocycles. The van der Waals surface area contributed by atoms with E-state index in [9.17, 15) is 0 Å². The summed E-state index contributed by atoms with van der Waals surface area (Å²) < 4.78 is 5.34. The van der Waals surface area contributed by atoms with Gasteiger partial charge in [0.25, 0.3) is 0 Å². The van der Waals surface area contributed by atoms with E-state index in [-0.39, 0.29) is 0 Å². The first kappa shape index (κ1) is 6.05. The quantitative estimate of drug-likeness (QED) is 0.562. The molecule has 48 valence electrons. The highest BCUT2D eigenvalue weighted by molar-refractivity contribution is 4.70. The summed E-state index contributed by atoms with van der Waals surface area (Å²) in [5.74, 6) is 0. The number of rotatable bonds is 2. The van der Waals surface area contributed by atoms with Crippen molar-refractivity contribution in [3.8, 4) is 0 Å². The molecule has 0 aliphatic carbocycles. The van der Waals surface area contributed by atoms with Gasteiger partial charge in [-0.15, -0.1) is 0 Å². The summed E-state index contributed by atoms with van der Waals surface area (Å²) in [5, 5.41) is 3.23. The fourth-order valence-corrected chi connectivity index (χ4v) is 1.01. The topological polar surface area (TPSA) is 21.3 Å². The molecular formula is C6H13NO. The Balaban J connectivity index is 2.06. The van der Waals surface area contributed by atoms with Gasteiger partial charge in [-0.1, -0.05) is 0 Å². The Labute approximate surface area is 50.2 Å². The molecule has 1 atom stereocenters. The summed E-state index contributed by atoms with van der Waals surface area (Å²) in [4.78, 5) is 0. The first-order chi connectivity index (χ1) is 3.93. The summed E-state index contributed by atoms with van der Waals surface area (Å²) in [6, 6.07) is 0. The van der Waals surface area contributed by atoms with E-state index < -0.39 is 0 Å². The van der Waals surface area contributed by atoms with Crippen LogP contribution in [0.3, 0.4) is 0 Å². The van der Waals surface area contributed by atoms with Crippen LogP contribution < -0.4 is 5.32 Å². The Morgan fingerprint density at radius 1 is 1.75 bits per heavy atom. The zero-order valence-electron chi connectivity index (χ0n) is 5.31. The molecule has 1 fully saturated rings. The molecule has 0 radical (unpaired) electrons. The molecule has 1 N–H and O–H groups in total. The average Bonchev–Trinajstić information content (AvgIpc) is 2.19. The molecule has 1 aliphatic rings. The number of hydrogen-bond donors (Lipinski definition) is 1. The van der Waals surface area contributed by atoms with Crippen molar-refractivity contribution in [2.45, 2.75) is 19.4 Å². The molecule has 1 heterocycles. The van der Waals surface area contributed by atoms with Gasteiger partial charge in [-0.3, -0.25) is 0 Å². The molecule has 0 spiro atoms. The lowest BCUT2D eigenvalue weighted by atomic mass is 10.3. The van der Waals surface area contributed by atoms with Crippen LogP contribution in [0.1, 0.15) is 13.3 Å². The zero-order valence-corrected chi connectivity index (χ0v) is 5.31. The van der Waals surface area contributed by atoms with Gasteiger partial charge in [-0.05, 0) is 19.9 Å². The van der Waals surface area contributed by atoms with Crippen molar-refractivity contribution >= 4 is 0 Å². The third-order valence-electron chi connectivity index (χ3n) is 1.42. The minimum Gasteiger partial charge on any atom is -0.377 e. The Kier molecular flexibility index (Phi) is 2.30. The molecular weight excluding hydrogens is 102 g/mol. The normalized spacial score (nSPS) is 28.9. The van der Waals surface area contributed by atoms with Gasteiger partial charge in [-0.25, -0.2) is 0 Å². The van der Waals surface area contributed by atoms with Gasteiger partial charge >= 0.3 is 0 Å². The Bertz CT molecular complexity index is 59.5. The third-order valence-corrected chi connectivity index (χ3v) is 1.42. The van der Waals surface area contributed by atoms with E-state index in [0.29, 0.717) is 6.10 Å². The fraction of sp³-hybridized carbons (Fsp3) is 1.00. The molecule has 1 saturated heterocycles. The van der Waals surface area contributed by atoms with E-state index in [2.05, 4.69) is 5.32 Å². The Hall–Kier alpha value is -0.0800. The molecule has 1 aliphatic heterocycles. The van der Waals surface area contributed by atoms with E-state index in [1.807, 2.05) is 6.92 Å². The molecule has 1 rings (SSSR count).